The van der Waals surface area contributed by atoms with Crippen LogP contribution in [0.1, 0.15) is 26.2 Å². The Bertz CT molecular complexity index is 240. The normalized spacial score (nSPS) is 18.1. The van der Waals surface area contributed by atoms with Gasteiger partial charge in [-0.05, 0) is 19.3 Å². The molecule has 0 aromatic rings. The van der Waals surface area contributed by atoms with E-state index in [9.17, 15) is 8.42 Å². The lowest BCUT2D eigenvalue weighted by molar-refractivity contribution is 0.253. The molecular formula is C8H17NO3S. The Labute approximate surface area is 79.6 Å². The number of sulfonamides is 1. The molecule has 1 aliphatic rings. The van der Waals surface area contributed by atoms with E-state index < -0.39 is 10.0 Å². The Hall–Kier alpha value is -0.130. The first-order chi connectivity index (χ1) is 6.12. The first kappa shape index (κ1) is 10.9. The molecule has 0 heterocycles. The van der Waals surface area contributed by atoms with E-state index in [0.717, 1.165) is 19.3 Å². The van der Waals surface area contributed by atoms with E-state index in [0.29, 0.717) is 6.54 Å². The van der Waals surface area contributed by atoms with E-state index in [-0.39, 0.29) is 18.4 Å². The average molecular weight is 207 g/mol. The Morgan fingerprint density at radius 1 is 1.38 bits per heavy atom. The molecule has 78 valence electrons. The van der Waals surface area contributed by atoms with Crippen molar-refractivity contribution in [2.45, 2.75) is 31.4 Å². The highest BCUT2D eigenvalue weighted by molar-refractivity contribution is 7.90. The second-order valence-electron chi connectivity index (χ2n) is 3.37. The minimum absolute atomic E-state index is 0.0913. The average Bonchev–Trinajstić information content (AvgIpc) is 2.86. The molecule has 5 heteroatoms. The number of nitrogens with zero attached hydrogens (tertiary/aromatic N) is 1. The quantitative estimate of drug-likeness (QED) is 0.676. The zero-order valence-electron chi connectivity index (χ0n) is 7.94. The third-order valence-electron chi connectivity index (χ3n) is 2.13. The standard InChI is InChI=1S/C8H17NO3S/c1-2-5-9(6-7-10)13(11,12)8-3-4-8/h8,10H,2-7H2,1H3. The van der Waals surface area contributed by atoms with Gasteiger partial charge in [0.15, 0.2) is 0 Å². The molecular weight excluding hydrogens is 190 g/mol. The second kappa shape index (κ2) is 4.39. The minimum Gasteiger partial charge on any atom is -0.395 e. The molecule has 0 unspecified atom stereocenters. The van der Waals surface area contributed by atoms with Crippen molar-refractivity contribution < 1.29 is 13.5 Å². The summed E-state index contributed by atoms with van der Waals surface area (Å²) in [7, 11) is -3.08. The summed E-state index contributed by atoms with van der Waals surface area (Å²) in [4.78, 5) is 0. The van der Waals surface area contributed by atoms with Crippen LogP contribution in [0.15, 0.2) is 0 Å². The van der Waals surface area contributed by atoms with Gasteiger partial charge in [-0.2, -0.15) is 4.31 Å². The summed E-state index contributed by atoms with van der Waals surface area (Å²) >= 11 is 0. The first-order valence-electron chi connectivity index (χ1n) is 4.72. The smallest absolute Gasteiger partial charge is 0.217 e. The molecule has 0 aromatic heterocycles. The molecule has 0 bridgehead atoms. The van der Waals surface area contributed by atoms with Crippen LogP contribution < -0.4 is 0 Å². The predicted molar refractivity (Wildman–Crippen MR) is 50.9 cm³/mol. The third kappa shape index (κ3) is 2.65. The van der Waals surface area contributed by atoms with Gasteiger partial charge in [0.25, 0.3) is 0 Å². The van der Waals surface area contributed by atoms with E-state index in [1.807, 2.05) is 6.92 Å². The van der Waals surface area contributed by atoms with Crippen LogP contribution >= 0.6 is 0 Å². The van der Waals surface area contributed by atoms with Gasteiger partial charge in [0, 0.05) is 13.1 Å². The van der Waals surface area contributed by atoms with Gasteiger partial charge in [-0.25, -0.2) is 8.42 Å². The van der Waals surface area contributed by atoms with Crippen molar-refractivity contribution in [2.75, 3.05) is 19.7 Å². The second-order valence-corrected chi connectivity index (χ2v) is 5.58. The molecule has 4 nitrogen and oxygen atoms in total. The van der Waals surface area contributed by atoms with Gasteiger partial charge in [-0.1, -0.05) is 6.92 Å². The zero-order valence-corrected chi connectivity index (χ0v) is 8.76. The van der Waals surface area contributed by atoms with Gasteiger partial charge in [-0.3, -0.25) is 0 Å². The number of aliphatic hydroxyl groups excluding tert-OH is 1. The summed E-state index contributed by atoms with van der Waals surface area (Å²) in [6, 6.07) is 0. The maximum atomic E-state index is 11.7. The lowest BCUT2D eigenvalue weighted by atomic mass is 10.5. The highest BCUT2D eigenvalue weighted by Gasteiger charge is 2.39. The van der Waals surface area contributed by atoms with Gasteiger partial charge >= 0.3 is 0 Å². The fraction of sp³-hybridized carbons (Fsp3) is 1.00. The molecule has 0 spiro atoms. The van der Waals surface area contributed by atoms with Crippen molar-refractivity contribution in [1.82, 2.24) is 4.31 Å². The molecule has 0 saturated heterocycles. The van der Waals surface area contributed by atoms with E-state index in [1.54, 1.807) is 0 Å². The topological polar surface area (TPSA) is 57.6 Å². The fourth-order valence-corrected chi connectivity index (χ4v) is 3.23. The van der Waals surface area contributed by atoms with Crippen LogP contribution in [-0.4, -0.2) is 42.8 Å². The molecule has 1 fully saturated rings. The van der Waals surface area contributed by atoms with E-state index in [2.05, 4.69) is 0 Å². The van der Waals surface area contributed by atoms with Crippen molar-refractivity contribution in [3.8, 4) is 0 Å². The Balaban J connectivity index is 2.61. The van der Waals surface area contributed by atoms with Crippen LogP contribution in [0.4, 0.5) is 0 Å². The number of aliphatic hydroxyl groups is 1. The van der Waals surface area contributed by atoms with Gasteiger partial charge in [0.1, 0.15) is 0 Å². The molecule has 1 saturated carbocycles. The molecule has 0 aromatic carbocycles. The van der Waals surface area contributed by atoms with Gasteiger partial charge in [0.05, 0.1) is 11.9 Å². The lowest BCUT2D eigenvalue weighted by Gasteiger charge is -2.20. The Morgan fingerprint density at radius 3 is 2.38 bits per heavy atom. The van der Waals surface area contributed by atoms with Crippen LogP contribution in [0.2, 0.25) is 0 Å². The van der Waals surface area contributed by atoms with Crippen molar-refractivity contribution in [3.63, 3.8) is 0 Å². The molecule has 0 aliphatic heterocycles. The van der Waals surface area contributed by atoms with E-state index >= 15 is 0 Å². The van der Waals surface area contributed by atoms with Crippen LogP contribution in [-0.2, 0) is 10.0 Å². The summed E-state index contributed by atoms with van der Waals surface area (Å²) < 4.78 is 24.8. The van der Waals surface area contributed by atoms with Gasteiger partial charge in [0.2, 0.25) is 10.0 Å². The Morgan fingerprint density at radius 2 is 2.00 bits per heavy atom. The SMILES string of the molecule is CCCN(CCO)S(=O)(=O)C1CC1. The number of hydrogen-bond acceptors (Lipinski definition) is 3. The summed E-state index contributed by atoms with van der Waals surface area (Å²) in [6.45, 7) is 2.62. The molecule has 13 heavy (non-hydrogen) atoms. The first-order valence-corrected chi connectivity index (χ1v) is 6.23. The zero-order chi connectivity index (χ0) is 9.90. The predicted octanol–water partition coefficient (Wildman–Crippen LogP) is 0.183. The summed E-state index contributed by atoms with van der Waals surface area (Å²) in [5.74, 6) is 0. The van der Waals surface area contributed by atoms with Crippen LogP contribution in [0.5, 0.6) is 0 Å². The molecule has 0 amide bonds. The molecule has 1 N–H and O–H groups in total. The highest BCUT2D eigenvalue weighted by Crippen LogP contribution is 2.30. The Kier molecular flexibility index (Phi) is 3.70. The van der Waals surface area contributed by atoms with Crippen molar-refractivity contribution in [3.05, 3.63) is 0 Å². The van der Waals surface area contributed by atoms with Gasteiger partial charge in [-0.15, -0.1) is 0 Å². The lowest BCUT2D eigenvalue weighted by Crippen LogP contribution is -2.36. The third-order valence-corrected chi connectivity index (χ3v) is 4.53. The summed E-state index contributed by atoms with van der Waals surface area (Å²) in [6.07, 6.45) is 2.37. The maximum absolute atomic E-state index is 11.7. The monoisotopic (exact) mass is 207 g/mol. The van der Waals surface area contributed by atoms with Crippen molar-refractivity contribution in [1.29, 1.82) is 0 Å². The van der Waals surface area contributed by atoms with Crippen LogP contribution in [0.25, 0.3) is 0 Å². The summed E-state index contributed by atoms with van der Waals surface area (Å²) in [5.41, 5.74) is 0. The highest BCUT2D eigenvalue weighted by atomic mass is 32.2. The maximum Gasteiger partial charge on any atom is 0.217 e. The van der Waals surface area contributed by atoms with E-state index in [1.165, 1.54) is 4.31 Å². The minimum atomic E-state index is -3.08. The van der Waals surface area contributed by atoms with Gasteiger partial charge < -0.3 is 5.11 Å². The van der Waals surface area contributed by atoms with E-state index in [4.69, 9.17) is 5.11 Å². The number of rotatable bonds is 6. The molecule has 1 aliphatic carbocycles. The van der Waals surface area contributed by atoms with Crippen molar-refractivity contribution >= 4 is 10.0 Å². The molecule has 1 rings (SSSR count). The summed E-state index contributed by atoms with van der Waals surface area (Å²) in [5, 5.41) is 8.56. The molecule has 0 radical (unpaired) electrons. The van der Waals surface area contributed by atoms with Crippen molar-refractivity contribution in [2.24, 2.45) is 0 Å². The largest absolute Gasteiger partial charge is 0.395 e. The number of hydrogen-bond donors (Lipinski definition) is 1. The fourth-order valence-electron chi connectivity index (χ4n) is 1.30. The van der Waals surface area contributed by atoms with Crippen LogP contribution in [0.3, 0.4) is 0 Å². The molecule has 0 atom stereocenters. The van der Waals surface area contributed by atoms with Crippen LogP contribution in [0, 0.1) is 0 Å².